The summed E-state index contributed by atoms with van der Waals surface area (Å²) in [6.07, 6.45) is 10.7. The number of nitrogens with one attached hydrogen (secondary N) is 2. The van der Waals surface area contributed by atoms with Gasteiger partial charge in [-0.05, 0) is 85.0 Å². The molecule has 0 bridgehead atoms. The molecular weight excluding hydrogens is 490 g/mol. The normalized spacial score (nSPS) is 14.6. The molecule has 0 aliphatic heterocycles. The lowest BCUT2D eigenvalue weighted by Gasteiger charge is -2.10. The molecule has 2 heterocycles. The van der Waals surface area contributed by atoms with Crippen molar-refractivity contribution in [2.24, 2.45) is 0 Å². The SMILES string of the molecule is C=CC(=CC(=CC)c1nncn1C1CC1)N[N+](=O)c1cc(-c2ccc(S(=O)(=O)NC(C)C)cc2)ccn1. The number of hydrazine groups is 1. The number of nitroso groups, excluding NO2 is 1. The second kappa shape index (κ2) is 11.0. The smallest absolute Gasteiger partial charge is 0.310 e. The van der Waals surface area contributed by atoms with Crippen molar-refractivity contribution in [3.63, 3.8) is 0 Å². The van der Waals surface area contributed by atoms with Gasteiger partial charge in [0.1, 0.15) is 12.5 Å². The van der Waals surface area contributed by atoms with E-state index in [2.05, 4.69) is 31.9 Å². The number of aromatic nitrogens is 4. The molecule has 11 heteroatoms. The molecule has 10 nitrogen and oxygen atoms in total. The molecule has 2 N–H and O–H groups in total. The Kier molecular flexibility index (Phi) is 7.74. The Bertz CT molecular complexity index is 1470. The first-order chi connectivity index (χ1) is 17.7. The van der Waals surface area contributed by atoms with Gasteiger partial charge >= 0.3 is 5.82 Å². The Morgan fingerprint density at radius 3 is 2.54 bits per heavy atom. The summed E-state index contributed by atoms with van der Waals surface area (Å²) >= 11 is 0. The summed E-state index contributed by atoms with van der Waals surface area (Å²) in [6.45, 7) is 9.24. The van der Waals surface area contributed by atoms with Gasteiger partial charge in [0, 0.05) is 23.7 Å². The van der Waals surface area contributed by atoms with E-state index in [4.69, 9.17) is 0 Å². The molecule has 2 aromatic heterocycles. The lowest BCUT2D eigenvalue weighted by molar-refractivity contribution is -0.522. The molecule has 0 saturated heterocycles. The minimum atomic E-state index is -3.59. The molecule has 3 aromatic rings. The second-order valence-electron chi connectivity index (χ2n) is 8.95. The van der Waals surface area contributed by atoms with Crippen LogP contribution in [-0.2, 0) is 10.0 Å². The highest BCUT2D eigenvalue weighted by molar-refractivity contribution is 7.89. The van der Waals surface area contributed by atoms with E-state index >= 15 is 0 Å². The van der Waals surface area contributed by atoms with Crippen LogP contribution in [0.5, 0.6) is 0 Å². The van der Waals surface area contributed by atoms with Crippen LogP contribution in [0.2, 0.25) is 0 Å². The van der Waals surface area contributed by atoms with Gasteiger partial charge in [-0.1, -0.05) is 24.8 Å². The number of rotatable bonds is 11. The lowest BCUT2D eigenvalue weighted by atomic mass is 10.1. The highest BCUT2D eigenvalue weighted by Crippen LogP contribution is 2.36. The monoisotopic (exact) mass is 520 g/mol. The summed E-state index contributed by atoms with van der Waals surface area (Å²) in [7, 11) is -3.59. The molecule has 0 unspecified atom stereocenters. The molecule has 4 rings (SSSR count). The van der Waals surface area contributed by atoms with E-state index in [1.54, 1.807) is 56.6 Å². The fourth-order valence-corrected chi connectivity index (χ4v) is 4.99. The van der Waals surface area contributed by atoms with Crippen molar-refractivity contribution in [1.29, 1.82) is 0 Å². The number of hydrogen-bond acceptors (Lipinski definition) is 6. The molecule has 1 aliphatic rings. The van der Waals surface area contributed by atoms with E-state index < -0.39 is 10.0 Å². The fraction of sp³-hybridized carbons (Fsp3) is 0.269. The Balaban J connectivity index is 1.52. The molecule has 1 aliphatic carbocycles. The topological polar surface area (TPSA) is 122 Å². The molecule has 0 atom stereocenters. The van der Waals surface area contributed by atoms with Crippen molar-refractivity contribution in [1.82, 2.24) is 29.9 Å². The summed E-state index contributed by atoms with van der Waals surface area (Å²) in [6, 6.07) is 10.0. The number of hydrogen-bond donors (Lipinski definition) is 2. The fourth-order valence-electron chi connectivity index (χ4n) is 3.74. The molecule has 1 saturated carbocycles. The van der Waals surface area contributed by atoms with Crippen LogP contribution in [0, 0.1) is 4.91 Å². The summed E-state index contributed by atoms with van der Waals surface area (Å²) in [4.78, 5) is 17.8. The van der Waals surface area contributed by atoms with Gasteiger partial charge in [-0.2, -0.15) is 5.43 Å². The van der Waals surface area contributed by atoms with Crippen molar-refractivity contribution < 1.29 is 13.3 Å². The predicted molar refractivity (Wildman–Crippen MR) is 142 cm³/mol. The Morgan fingerprint density at radius 1 is 1.19 bits per heavy atom. The van der Waals surface area contributed by atoms with Crippen molar-refractivity contribution in [3.8, 4) is 11.1 Å². The van der Waals surface area contributed by atoms with Crippen molar-refractivity contribution >= 4 is 21.4 Å². The largest absolute Gasteiger partial charge is 0.389 e. The molecule has 0 spiro atoms. The molecule has 37 heavy (non-hydrogen) atoms. The van der Waals surface area contributed by atoms with E-state index in [1.807, 2.05) is 17.6 Å². The maximum absolute atomic E-state index is 12.9. The summed E-state index contributed by atoms with van der Waals surface area (Å²) in [5.74, 6) is 0.865. The minimum Gasteiger partial charge on any atom is -0.310 e. The van der Waals surface area contributed by atoms with Gasteiger partial charge in [0.05, 0.1) is 15.5 Å². The van der Waals surface area contributed by atoms with Gasteiger partial charge in [0.2, 0.25) is 10.0 Å². The number of nitrogens with zero attached hydrogens (tertiary/aromatic N) is 5. The second-order valence-corrected chi connectivity index (χ2v) is 10.7. The quantitative estimate of drug-likeness (QED) is 0.218. The minimum absolute atomic E-state index is 0.131. The first-order valence-corrected chi connectivity index (χ1v) is 13.4. The average Bonchev–Trinajstić information content (AvgIpc) is 3.62. The molecule has 0 amide bonds. The van der Waals surface area contributed by atoms with Gasteiger partial charge in [-0.15, -0.1) is 10.2 Å². The van der Waals surface area contributed by atoms with Crippen molar-refractivity contribution in [3.05, 3.63) is 90.2 Å². The van der Waals surface area contributed by atoms with E-state index in [0.717, 1.165) is 29.8 Å². The van der Waals surface area contributed by atoms with Gasteiger partial charge in [-0.25, -0.2) is 13.1 Å². The van der Waals surface area contributed by atoms with Crippen LogP contribution in [0.15, 0.2) is 84.3 Å². The van der Waals surface area contributed by atoms with E-state index in [0.29, 0.717) is 22.2 Å². The number of allylic oxidation sites excluding steroid dienone is 4. The van der Waals surface area contributed by atoms with Crippen molar-refractivity contribution in [2.45, 2.75) is 50.6 Å². The summed E-state index contributed by atoms with van der Waals surface area (Å²) in [5, 5.41) is 8.29. The zero-order valence-electron chi connectivity index (χ0n) is 21.0. The number of sulfonamides is 1. The van der Waals surface area contributed by atoms with Crippen LogP contribution < -0.4 is 10.1 Å². The summed E-state index contributed by atoms with van der Waals surface area (Å²) < 4.78 is 29.4. The predicted octanol–water partition coefficient (Wildman–Crippen LogP) is 4.45. The maximum Gasteiger partial charge on any atom is 0.389 e. The van der Waals surface area contributed by atoms with Gasteiger partial charge < -0.3 is 4.57 Å². The van der Waals surface area contributed by atoms with Crippen LogP contribution in [-0.4, -0.2) is 39.1 Å². The Morgan fingerprint density at radius 2 is 1.92 bits per heavy atom. The highest BCUT2D eigenvalue weighted by Gasteiger charge is 2.27. The first kappa shape index (κ1) is 26.1. The third kappa shape index (κ3) is 6.25. The van der Waals surface area contributed by atoms with E-state index in [1.165, 1.54) is 18.3 Å². The van der Waals surface area contributed by atoms with Gasteiger partial charge in [-0.3, -0.25) is 0 Å². The van der Waals surface area contributed by atoms with Crippen LogP contribution in [0.25, 0.3) is 16.7 Å². The molecule has 0 radical (unpaired) electrons. The Hall–Kier alpha value is -3.96. The molecule has 1 fully saturated rings. The third-order valence-electron chi connectivity index (χ3n) is 5.69. The van der Waals surface area contributed by atoms with Crippen LogP contribution in [0.3, 0.4) is 0 Å². The van der Waals surface area contributed by atoms with Crippen LogP contribution in [0.4, 0.5) is 5.82 Å². The third-order valence-corrected chi connectivity index (χ3v) is 7.36. The standard InChI is InChI=1S/C26H30N7O3S/c1-5-19(26-29-28-17-32(26)23-9-10-23)15-22(6-2)30-33(34)25-16-21(13-14-27-25)20-7-11-24(12-8-20)37(35,36)31-18(3)4/h5-8,11-18,23,31H,2,9-10H2,1,3-4H3,(H,30,34)/q+1. The van der Waals surface area contributed by atoms with E-state index in [9.17, 15) is 13.3 Å². The number of pyridine rings is 1. The maximum atomic E-state index is 12.9. The summed E-state index contributed by atoms with van der Waals surface area (Å²) in [5.41, 5.74) is 5.51. The van der Waals surface area contributed by atoms with Crippen LogP contribution >= 0.6 is 0 Å². The lowest BCUT2D eigenvalue weighted by Crippen LogP contribution is -2.30. The zero-order valence-corrected chi connectivity index (χ0v) is 21.8. The Labute approximate surface area is 216 Å². The van der Waals surface area contributed by atoms with Crippen LogP contribution in [0.1, 0.15) is 45.5 Å². The number of benzene rings is 1. The zero-order chi connectivity index (χ0) is 26.6. The highest BCUT2D eigenvalue weighted by atomic mass is 32.2. The van der Waals surface area contributed by atoms with Crippen molar-refractivity contribution in [2.75, 3.05) is 0 Å². The van der Waals surface area contributed by atoms with Gasteiger partial charge in [0.15, 0.2) is 5.82 Å². The van der Waals surface area contributed by atoms with E-state index in [-0.39, 0.29) is 16.8 Å². The average molecular weight is 521 g/mol. The molecule has 1 aromatic carbocycles. The molecular formula is C26H30N7O3S+. The first-order valence-electron chi connectivity index (χ1n) is 11.9. The molecule has 192 valence electrons. The van der Waals surface area contributed by atoms with Gasteiger partial charge in [0.25, 0.3) is 0 Å².